The Balaban J connectivity index is 2.07. The highest BCUT2D eigenvalue weighted by Crippen LogP contribution is 2.28. The van der Waals surface area contributed by atoms with E-state index in [-0.39, 0.29) is 12.0 Å². The normalized spacial score (nSPS) is 21.9. The van der Waals surface area contributed by atoms with Gasteiger partial charge in [-0.3, -0.25) is 9.48 Å². The second kappa shape index (κ2) is 5.95. The van der Waals surface area contributed by atoms with Crippen LogP contribution >= 0.6 is 0 Å². The van der Waals surface area contributed by atoms with E-state index in [9.17, 15) is 9.90 Å². The maximum absolute atomic E-state index is 12.5. The summed E-state index contributed by atoms with van der Waals surface area (Å²) in [5.74, 6) is 0.774. The standard InChI is InChI=1S/C15H25N3O2/c1-5-18-14(8-13(16-18)10(2)3)15(20)17(4)9-11-6-12(19)7-11/h8,10-12,19H,5-7,9H2,1-4H3. The number of amides is 1. The van der Waals surface area contributed by atoms with Gasteiger partial charge < -0.3 is 10.0 Å². The van der Waals surface area contributed by atoms with E-state index in [0.717, 1.165) is 18.5 Å². The molecule has 0 spiro atoms. The van der Waals surface area contributed by atoms with Crippen molar-refractivity contribution in [2.45, 2.75) is 52.2 Å². The largest absolute Gasteiger partial charge is 0.393 e. The van der Waals surface area contributed by atoms with Crippen molar-refractivity contribution in [3.8, 4) is 0 Å². The van der Waals surface area contributed by atoms with Gasteiger partial charge in [0.25, 0.3) is 5.91 Å². The molecule has 1 aromatic heterocycles. The molecule has 1 N–H and O–H groups in total. The van der Waals surface area contributed by atoms with Crippen molar-refractivity contribution < 1.29 is 9.90 Å². The van der Waals surface area contributed by atoms with E-state index in [1.165, 1.54) is 0 Å². The van der Waals surface area contributed by atoms with E-state index >= 15 is 0 Å². The molecule has 1 amide bonds. The topological polar surface area (TPSA) is 58.4 Å². The highest BCUT2D eigenvalue weighted by atomic mass is 16.3. The molecular formula is C15H25N3O2. The summed E-state index contributed by atoms with van der Waals surface area (Å²) in [6.07, 6.45) is 1.45. The molecule has 0 radical (unpaired) electrons. The minimum absolute atomic E-state index is 0.0210. The third kappa shape index (κ3) is 3.03. The van der Waals surface area contributed by atoms with Gasteiger partial charge in [0, 0.05) is 20.1 Å². The molecule has 0 aromatic carbocycles. The lowest BCUT2D eigenvalue weighted by Crippen LogP contribution is -2.40. The molecule has 0 bridgehead atoms. The molecule has 1 fully saturated rings. The van der Waals surface area contributed by atoms with Crippen molar-refractivity contribution in [3.05, 3.63) is 17.5 Å². The van der Waals surface area contributed by atoms with Gasteiger partial charge in [0.1, 0.15) is 5.69 Å². The van der Waals surface area contributed by atoms with Gasteiger partial charge in [-0.2, -0.15) is 5.10 Å². The lowest BCUT2D eigenvalue weighted by atomic mass is 9.82. The molecule has 5 nitrogen and oxygen atoms in total. The number of nitrogens with zero attached hydrogens (tertiary/aromatic N) is 3. The monoisotopic (exact) mass is 279 g/mol. The summed E-state index contributed by atoms with van der Waals surface area (Å²) < 4.78 is 1.78. The first kappa shape index (κ1) is 15.0. The molecule has 5 heteroatoms. The van der Waals surface area contributed by atoms with Gasteiger partial charge in [0.15, 0.2) is 0 Å². The van der Waals surface area contributed by atoms with Crippen molar-refractivity contribution in [1.82, 2.24) is 14.7 Å². The molecule has 1 aromatic rings. The summed E-state index contributed by atoms with van der Waals surface area (Å²) >= 11 is 0. The Hall–Kier alpha value is -1.36. The number of hydrogen-bond donors (Lipinski definition) is 1. The summed E-state index contributed by atoms with van der Waals surface area (Å²) in [5.41, 5.74) is 1.63. The molecule has 1 heterocycles. The average Bonchev–Trinajstić information content (AvgIpc) is 2.80. The van der Waals surface area contributed by atoms with Crippen molar-refractivity contribution >= 4 is 5.91 Å². The molecule has 20 heavy (non-hydrogen) atoms. The van der Waals surface area contributed by atoms with Gasteiger partial charge in [0.2, 0.25) is 0 Å². The Kier molecular flexibility index (Phi) is 4.48. The molecule has 1 aliphatic carbocycles. The molecule has 0 aliphatic heterocycles. The Morgan fingerprint density at radius 1 is 1.55 bits per heavy atom. The smallest absolute Gasteiger partial charge is 0.271 e. The zero-order valence-corrected chi connectivity index (χ0v) is 12.8. The first-order valence-electron chi connectivity index (χ1n) is 7.43. The first-order valence-corrected chi connectivity index (χ1v) is 7.43. The quantitative estimate of drug-likeness (QED) is 0.895. The predicted octanol–water partition coefficient (Wildman–Crippen LogP) is 1.87. The Morgan fingerprint density at radius 3 is 2.70 bits per heavy atom. The fourth-order valence-corrected chi connectivity index (χ4v) is 2.65. The highest BCUT2D eigenvalue weighted by Gasteiger charge is 2.30. The van der Waals surface area contributed by atoms with Crippen LogP contribution in [0.3, 0.4) is 0 Å². The summed E-state index contributed by atoms with van der Waals surface area (Å²) in [6.45, 7) is 7.56. The summed E-state index contributed by atoms with van der Waals surface area (Å²) in [6, 6.07) is 1.91. The maximum atomic E-state index is 12.5. The second-order valence-corrected chi connectivity index (χ2v) is 6.10. The Morgan fingerprint density at radius 2 is 2.20 bits per heavy atom. The van der Waals surface area contributed by atoms with Gasteiger partial charge in [-0.25, -0.2) is 0 Å². The molecule has 1 saturated carbocycles. The van der Waals surface area contributed by atoms with Gasteiger partial charge >= 0.3 is 0 Å². The zero-order chi connectivity index (χ0) is 14.9. The number of carbonyl (C=O) groups excluding carboxylic acids is 1. The SMILES string of the molecule is CCn1nc(C(C)C)cc1C(=O)N(C)CC1CC(O)C1. The number of aliphatic hydroxyl groups is 1. The molecule has 112 valence electrons. The van der Waals surface area contributed by atoms with E-state index in [2.05, 4.69) is 18.9 Å². The fourth-order valence-electron chi connectivity index (χ4n) is 2.65. The van der Waals surface area contributed by atoms with Crippen LogP contribution in [0.15, 0.2) is 6.07 Å². The summed E-state index contributed by atoms with van der Waals surface area (Å²) in [7, 11) is 1.83. The van der Waals surface area contributed by atoms with Crippen molar-refractivity contribution in [3.63, 3.8) is 0 Å². The fraction of sp³-hybridized carbons (Fsp3) is 0.733. The predicted molar refractivity (Wildman–Crippen MR) is 77.7 cm³/mol. The van der Waals surface area contributed by atoms with Crippen LogP contribution in [-0.4, -0.2) is 45.4 Å². The van der Waals surface area contributed by atoms with Crippen LogP contribution in [0.1, 0.15) is 55.7 Å². The van der Waals surface area contributed by atoms with Crippen LogP contribution < -0.4 is 0 Å². The number of aryl methyl sites for hydroxylation is 1. The number of hydrogen-bond acceptors (Lipinski definition) is 3. The number of carbonyl (C=O) groups is 1. The van der Waals surface area contributed by atoms with Crippen LogP contribution in [-0.2, 0) is 6.54 Å². The molecule has 2 rings (SSSR count). The second-order valence-electron chi connectivity index (χ2n) is 6.10. The minimum Gasteiger partial charge on any atom is -0.393 e. The van der Waals surface area contributed by atoms with Crippen LogP contribution in [0.25, 0.3) is 0 Å². The van der Waals surface area contributed by atoms with E-state index in [4.69, 9.17) is 0 Å². The van der Waals surface area contributed by atoms with E-state index in [1.54, 1.807) is 9.58 Å². The van der Waals surface area contributed by atoms with E-state index in [0.29, 0.717) is 30.6 Å². The highest BCUT2D eigenvalue weighted by molar-refractivity contribution is 5.92. The van der Waals surface area contributed by atoms with Gasteiger partial charge in [-0.15, -0.1) is 0 Å². The zero-order valence-electron chi connectivity index (χ0n) is 12.8. The lowest BCUT2D eigenvalue weighted by molar-refractivity contribution is 0.0262. The summed E-state index contributed by atoms with van der Waals surface area (Å²) in [5, 5.41) is 13.8. The van der Waals surface area contributed by atoms with Crippen molar-refractivity contribution in [1.29, 1.82) is 0 Å². The molecule has 0 unspecified atom stereocenters. The van der Waals surface area contributed by atoms with Gasteiger partial charge in [-0.1, -0.05) is 13.8 Å². The van der Waals surface area contributed by atoms with Crippen molar-refractivity contribution in [2.75, 3.05) is 13.6 Å². The molecule has 1 aliphatic rings. The summed E-state index contributed by atoms with van der Waals surface area (Å²) in [4.78, 5) is 14.3. The van der Waals surface area contributed by atoms with Crippen molar-refractivity contribution in [2.24, 2.45) is 5.92 Å². The third-order valence-electron chi connectivity index (χ3n) is 4.00. The van der Waals surface area contributed by atoms with Crippen LogP contribution in [0, 0.1) is 5.92 Å². The van der Waals surface area contributed by atoms with Gasteiger partial charge in [-0.05, 0) is 37.7 Å². The van der Waals surface area contributed by atoms with Crippen LogP contribution in [0.2, 0.25) is 0 Å². The molecular weight excluding hydrogens is 254 g/mol. The first-order chi connectivity index (χ1) is 9.42. The lowest BCUT2D eigenvalue weighted by Gasteiger charge is -2.34. The van der Waals surface area contributed by atoms with Crippen LogP contribution in [0.4, 0.5) is 0 Å². The molecule has 0 saturated heterocycles. The third-order valence-corrected chi connectivity index (χ3v) is 4.00. The average molecular weight is 279 g/mol. The van der Waals surface area contributed by atoms with E-state index < -0.39 is 0 Å². The number of aromatic nitrogens is 2. The Bertz CT molecular complexity index is 475. The maximum Gasteiger partial charge on any atom is 0.271 e. The van der Waals surface area contributed by atoms with Crippen LogP contribution in [0.5, 0.6) is 0 Å². The Labute approximate surface area is 120 Å². The minimum atomic E-state index is -0.169. The number of aliphatic hydroxyl groups excluding tert-OH is 1. The van der Waals surface area contributed by atoms with E-state index in [1.807, 2.05) is 20.0 Å². The molecule has 0 atom stereocenters. The number of rotatable bonds is 5. The van der Waals surface area contributed by atoms with Gasteiger partial charge in [0.05, 0.1) is 11.8 Å².